The Morgan fingerprint density at radius 3 is 2.62 bits per heavy atom. The van der Waals surface area contributed by atoms with Crippen LogP contribution in [-0.2, 0) is 14.3 Å². The predicted molar refractivity (Wildman–Crippen MR) is 82.5 cm³/mol. The molecule has 0 fully saturated rings. The molecule has 2 rings (SSSR count). The van der Waals surface area contributed by atoms with Gasteiger partial charge in [0.05, 0.1) is 6.61 Å². The molecule has 0 saturated carbocycles. The van der Waals surface area contributed by atoms with Crippen molar-refractivity contribution in [3.05, 3.63) is 29.8 Å². The smallest absolute Gasteiger partial charge is 0.316 e. The lowest BCUT2D eigenvalue weighted by molar-refractivity contribution is -0.151. The number of rotatable bonds is 5. The van der Waals surface area contributed by atoms with Gasteiger partial charge in [-0.25, -0.2) is 0 Å². The van der Waals surface area contributed by atoms with E-state index in [1.807, 2.05) is 12.1 Å². The summed E-state index contributed by atoms with van der Waals surface area (Å²) in [5.41, 5.74) is 2.39. The summed E-state index contributed by atoms with van der Waals surface area (Å²) in [5, 5.41) is 0. The Kier molecular flexibility index (Phi) is 4.66. The molecule has 21 heavy (non-hydrogen) atoms. The van der Waals surface area contributed by atoms with E-state index in [4.69, 9.17) is 4.74 Å². The van der Waals surface area contributed by atoms with E-state index in [9.17, 15) is 9.59 Å². The predicted octanol–water partition coefficient (Wildman–Crippen LogP) is 2.77. The van der Waals surface area contributed by atoms with E-state index in [2.05, 4.69) is 31.0 Å². The van der Waals surface area contributed by atoms with E-state index in [1.165, 1.54) is 18.2 Å². The normalized spacial score (nSPS) is 21.8. The second-order valence-corrected chi connectivity index (χ2v) is 5.67. The average molecular weight is 289 g/mol. The molecule has 1 aliphatic heterocycles. The molecule has 3 unspecified atom stereocenters. The van der Waals surface area contributed by atoms with Gasteiger partial charge >= 0.3 is 5.97 Å². The highest BCUT2D eigenvalue weighted by atomic mass is 16.5. The number of esters is 1. The molecule has 1 aliphatic rings. The van der Waals surface area contributed by atoms with Crippen molar-refractivity contribution in [1.82, 2.24) is 0 Å². The lowest BCUT2D eigenvalue weighted by atomic mass is 9.85. The number of nitrogens with zero attached hydrogens (tertiary/aromatic N) is 1. The number of para-hydroxylation sites is 1. The molecule has 0 spiro atoms. The number of likely N-dealkylation sites (N-methyl/N-ethyl adjacent to an activating group) is 1. The summed E-state index contributed by atoms with van der Waals surface area (Å²) in [6.45, 7) is 5.67. The van der Waals surface area contributed by atoms with E-state index in [0.29, 0.717) is 13.0 Å². The van der Waals surface area contributed by atoms with Crippen molar-refractivity contribution >= 4 is 17.4 Å². The summed E-state index contributed by atoms with van der Waals surface area (Å²) < 4.78 is 5.05. The van der Waals surface area contributed by atoms with Gasteiger partial charge in [0.2, 0.25) is 0 Å². The fraction of sp³-hybridized carbons (Fsp3) is 0.529. The number of carbonyl (C=O) groups excluding carboxylic acids is 2. The third kappa shape index (κ3) is 2.94. The molecule has 0 radical (unpaired) electrons. The summed E-state index contributed by atoms with van der Waals surface area (Å²) in [5.74, 6) is -1.02. The van der Waals surface area contributed by atoms with Gasteiger partial charge in [0.1, 0.15) is 11.7 Å². The van der Waals surface area contributed by atoms with Crippen LogP contribution in [0, 0.1) is 5.92 Å². The zero-order valence-electron chi connectivity index (χ0n) is 13.1. The van der Waals surface area contributed by atoms with Gasteiger partial charge in [-0.2, -0.15) is 0 Å². The maximum atomic E-state index is 12.0. The molecule has 0 bridgehead atoms. The minimum atomic E-state index is -0.669. The van der Waals surface area contributed by atoms with Gasteiger partial charge < -0.3 is 9.64 Å². The molecule has 4 heteroatoms. The third-order valence-electron chi connectivity index (χ3n) is 4.46. The summed E-state index contributed by atoms with van der Waals surface area (Å²) >= 11 is 0. The quantitative estimate of drug-likeness (QED) is 0.617. The first-order chi connectivity index (χ1) is 9.97. The maximum Gasteiger partial charge on any atom is 0.316 e. The molecular weight excluding hydrogens is 266 g/mol. The monoisotopic (exact) mass is 289 g/mol. The first-order valence-electron chi connectivity index (χ1n) is 7.46. The highest BCUT2D eigenvalue weighted by molar-refractivity contribution is 5.97. The standard InChI is InChI=1S/C17H23NO3/c1-5-21-17(20)15(12(3)19)10-14-11(2)18(4)16-9-7-6-8-13(14)16/h6-9,11,14-15H,5,10H2,1-4H3. The van der Waals surface area contributed by atoms with Crippen LogP contribution in [0.25, 0.3) is 0 Å². The van der Waals surface area contributed by atoms with Crippen molar-refractivity contribution in [2.45, 2.75) is 39.2 Å². The van der Waals surface area contributed by atoms with Gasteiger partial charge in [-0.1, -0.05) is 18.2 Å². The number of hydrogen-bond donors (Lipinski definition) is 0. The number of hydrogen-bond acceptors (Lipinski definition) is 4. The third-order valence-corrected chi connectivity index (χ3v) is 4.46. The second-order valence-electron chi connectivity index (χ2n) is 5.67. The lowest BCUT2D eigenvalue weighted by Crippen LogP contribution is -2.32. The van der Waals surface area contributed by atoms with Crippen molar-refractivity contribution < 1.29 is 14.3 Å². The number of fused-ring (bicyclic) bond motifs is 1. The van der Waals surface area contributed by atoms with Crippen LogP contribution >= 0.6 is 0 Å². The highest BCUT2D eigenvalue weighted by Crippen LogP contribution is 2.43. The molecule has 114 valence electrons. The zero-order chi connectivity index (χ0) is 15.6. The summed E-state index contributed by atoms with van der Waals surface area (Å²) in [7, 11) is 2.05. The molecule has 0 amide bonds. The van der Waals surface area contributed by atoms with Crippen LogP contribution in [0.2, 0.25) is 0 Å². The van der Waals surface area contributed by atoms with Crippen LogP contribution in [0.5, 0.6) is 0 Å². The van der Waals surface area contributed by atoms with Crippen molar-refractivity contribution in [2.24, 2.45) is 5.92 Å². The Bertz CT molecular complexity index is 541. The first kappa shape index (κ1) is 15.5. The van der Waals surface area contributed by atoms with Crippen LogP contribution in [0.15, 0.2) is 24.3 Å². The molecule has 0 N–H and O–H groups in total. The minimum absolute atomic E-state index is 0.118. The van der Waals surface area contributed by atoms with Crippen molar-refractivity contribution in [3.63, 3.8) is 0 Å². The average Bonchev–Trinajstić information content (AvgIpc) is 2.69. The molecule has 1 aromatic carbocycles. The Morgan fingerprint density at radius 2 is 2.00 bits per heavy atom. The van der Waals surface area contributed by atoms with Gasteiger partial charge in [0.15, 0.2) is 0 Å². The molecule has 0 aromatic heterocycles. The van der Waals surface area contributed by atoms with Gasteiger partial charge in [0, 0.05) is 24.7 Å². The maximum absolute atomic E-state index is 12.0. The Hall–Kier alpha value is -1.84. The number of ether oxygens (including phenoxy) is 1. The molecule has 1 heterocycles. The topological polar surface area (TPSA) is 46.6 Å². The molecular formula is C17H23NO3. The number of benzene rings is 1. The summed E-state index contributed by atoms with van der Waals surface area (Å²) in [6.07, 6.45) is 0.511. The lowest BCUT2D eigenvalue weighted by Gasteiger charge is -2.24. The molecule has 0 saturated heterocycles. The SMILES string of the molecule is CCOC(=O)C(CC1c2ccccc2N(C)C1C)C(C)=O. The van der Waals surface area contributed by atoms with Crippen LogP contribution in [0.1, 0.15) is 38.7 Å². The second kappa shape index (κ2) is 6.29. The van der Waals surface area contributed by atoms with Gasteiger partial charge in [-0.3, -0.25) is 9.59 Å². The summed E-state index contributed by atoms with van der Waals surface area (Å²) in [6, 6.07) is 8.45. The zero-order valence-corrected chi connectivity index (χ0v) is 13.1. The molecule has 0 aliphatic carbocycles. The molecule has 4 nitrogen and oxygen atoms in total. The molecule has 1 aromatic rings. The van der Waals surface area contributed by atoms with Crippen molar-refractivity contribution in [3.8, 4) is 0 Å². The van der Waals surface area contributed by atoms with E-state index in [-0.39, 0.29) is 17.7 Å². The van der Waals surface area contributed by atoms with E-state index < -0.39 is 11.9 Å². The Morgan fingerprint density at radius 1 is 1.33 bits per heavy atom. The Labute approximate surface area is 126 Å². The fourth-order valence-electron chi connectivity index (χ4n) is 3.12. The van der Waals surface area contributed by atoms with Gasteiger partial charge in [0.25, 0.3) is 0 Å². The Balaban J connectivity index is 2.25. The summed E-state index contributed by atoms with van der Waals surface area (Å²) in [4.78, 5) is 26.1. The van der Waals surface area contributed by atoms with Gasteiger partial charge in [-0.15, -0.1) is 0 Å². The van der Waals surface area contributed by atoms with Crippen LogP contribution < -0.4 is 4.90 Å². The number of anilines is 1. The minimum Gasteiger partial charge on any atom is -0.465 e. The largest absolute Gasteiger partial charge is 0.465 e. The number of carbonyl (C=O) groups is 2. The van der Waals surface area contributed by atoms with Gasteiger partial charge in [-0.05, 0) is 38.8 Å². The highest BCUT2D eigenvalue weighted by Gasteiger charge is 2.38. The van der Waals surface area contributed by atoms with E-state index >= 15 is 0 Å². The number of Topliss-reactive ketones (excluding diaryl/α,β-unsaturated/α-hetero) is 1. The molecule has 3 atom stereocenters. The van der Waals surface area contributed by atoms with Crippen molar-refractivity contribution in [1.29, 1.82) is 0 Å². The van der Waals surface area contributed by atoms with Crippen molar-refractivity contribution in [2.75, 3.05) is 18.6 Å². The van der Waals surface area contributed by atoms with Crippen LogP contribution in [-0.4, -0.2) is 31.4 Å². The van der Waals surface area contributed by atoms with Crippen LogP contribution in [0.4, 0.5) is 5.69 Å². The first-order valence-corrected chi connectivity index (χ1v) is 7.46. The number of ketones is 1. The fourth-order valence-corrected chi connectivity index (χ4v) is 3.12. The van der Waals surface area contributed by atoms with Crippen LogP contribution in [0.3, 0.4) is 0 Å². The van der Waals surface area contributed by atoms with E-state index in [0.717, 1.165) is 0 Å². The van der Waals surface area contributed by atoms with E-state index in [1.54, 1.807) is 6.92 Å².